The highest BCUT2D eigenvalue weighted by Crippen LogP contribution is 2.35. The highest BCUT2D eigenvalue weighted by molar-refractivity contribution is 4.96. The summed E-state index contributed by atoms with van der Waals surface area (Å²) in [4.78, 5) is 2.26. The summed E-state index contributed by atoms with van der Waals surface area (Å²) in [5.74, 6) is 1.09. The van der Waals surface area contributed by atoms with Crippen molar-refractivity contribution in [3.8, 4) is 0 Å². The van der Waals surface area contributed by atoms with Crippen LogP contribution in [-0.2, 0) is 0 Å². The highest BCUT2D eigenvalue weighted by atomic mass is 16.3. The van der Waals surface area contributed by atoms with Crippen LogP contribution in [-0.4, -0.2) is 35.2 Å². The minimum Gasteiger partial charge on any atom is -0.388 e. The lowest BCUT2D eigenvalue weighted by Gasteiger charge is -2.31. The molecular formula is C12H25NO. The fourth-order valence-corrected chi connectivity index (χ4v) is 2.60. The smallest absolute Gasteiger partial charge is 0.0814 e. The van der Waals surface area contributed by atoms with E-state index in [1.807, 2.05) is 0 Å². The second kappa shape index (κ2) is 4.19. The van der Waals surface area contributed by atoms with Gasteiger partial charge in [-0.15, -0.1) is 0 Å². The molecule has 1 rings (SSSR count). The molecule has 1 N–H and O–H groups in total. The Hall–Kier alpha value is -0.0800. The van der Waals surface area contributed by atoms with E-state index in [9.17, 15) is 5.11 Å². The summed E-state index contributed by atoms with van der Waals surface area (Å²) in [6, 6.07) is 0.523. The molecule has 1 heterocycles. The molecule has 0 spiro atoms. The molecule has 2 nitrogen and oxygen atoms in total. The average Bonchev–Trinajstić information content (AvgIpc) is 2.26. The van der Waals surface area contributed by atoms with Crippen LogP contribution in [0.1, 0.15) is 40.5 Å². The third kappa shape index (κ3) is 2.48. The van der Waals surface area contributed by atoms with E-state index in [4.69, 9.17) is 0 Å². The van der Waals surface area contributed by atoms with Crippen molar-refractivity contribution >= 4 is 0 Å². The van der Waals surface area contributed by atoms with Crippen LogP contribution in [0.15, 0.2) is 0 Å². The summed E-state index contributed by atoms with van der Waals surface area (Å²) >= 11 is 0. The first-order valence-corrected chi connectivity index (χ1v) is 5.78. The van der Waals surface area contributed by atoms with Crippen molar-refractivity contribution in [3.63, 3.8) is 0 Å². The van der Waals surface area contributed by atoms with Gasteiger partial charge in [-0.3, -0.25) is 0 Å². The van der Waals surface area contributed by atoms with Crippen LogP contribution < -0.4 is 0 Å². The quantitative estimate of drug-likeness (QED) is 0.752. The topological polar surface area (TPSA) is 23.5 Å². The maximum Gasteiger partial charge on any atom is 0.0814 e. The molecule has 14 heavy (non-hydrogen) atoms. The van der Waals surface area contributed by atoms with Gasteiger partial charge in [0.2, 0.25) is 0 Å². The SMILES string of the molecule is CC(C)CC(C)C1(O)CC(C)N(C)C1. The predicted molar refractivity (Wildman–Crippen MR) is 60.3 cm³/mol. The first kappa shape index (κ1) is 12.0. The number of hydrogen-bond donors (Lipinski definition) is 1. The maximum absolute atomic E-state index is 10.5. The first-order valence-electron chi connectivity index (χ1n) is 5.78. The molecule has 0 amide bonds. The zero-order chi connectivity index (χ0) is 10.9. The Morgan fingerprint density at radius 3 is 2.36 bits per heavy atom. The summed E-state index contributed by atoms with van der Waals surface area (Å²) in [5, 5.41) is 10.5. The molecule has 1 fully saturated rings. The van der Waals surface area contributed by atoms with E-state index in [0.29, 0.717) is 17.9 Å². The van der Waals surface area contributed by atoms with Crippen molar-refractivity contribution in [2.75, 3.05) is 13.6 Å². The van der Waals surface area contributed by atoms with E-state index >= 15 is 0 Å². The van der Waals surface area contributed by atoms with E-state index in [2.05, 4.69) is 39.6 Å². The molecule has 1 saturated heterocycles. The van der Waals surface area contributed by atoms with Gasteiger partial charge in [0.25, 0.3) is 0 Å². The van der Waals surface area contributed by atoms with Gasteiger partial charge in [-0.2, -0.15) is 0 Å². The van der Waals surface area contributed by atoms with Crippen LogP contribution in [0.4, 0.5) is 0 Å². The van der Waals surface area contributed by atoms with E-state index in [0.717, 1.165) is 19.4 Å². The normalized spacial score (nSPS) is 36.6. The van der Waals surface area contributed by atoms with Crippen LogP contribution in [0, 0.1) is 11.8 Å². The molecule has 0 saturated carbocycles. The third-order valence-corrected chi connectivity index (χ3v) is 3.67. The Balaban J connectivity index is 2.58. The average molecular weight is 199 g/mol. The molecular weight excluding hydrogens is 174 g/mol. The maximum atomic E-state index is 10.5. The largest absolute Gasteiger partial charge is 0.388 e. The summed E-state index contributed by atoms with van der Waals surface area (Å²) < 4.78 is 0. The highest BCUT2D eigenvalue weighted by Gasteiger charge is 2.42. The van der Waals surface area contributed by atoms with Crippen LogP contribution in [0.3, 0.4) is 0 Å². The minimum atomic E-state index is -0.446. The van der Waals surface area contributed by atoms with E-state index in [-0.39, 0.29) is 0 Å². The van der Waals surface area contributed by atoms with E-state index in [1.165, 1.54) is 0 Å². The molecule has 0 aromatic heterocycles. The number of likely N-dealkylation sites (N-methyl/N-ethyl adjacent to an activating group) is 1. The number of hydrogen-bond acceptors (Lipinski definition) is 2. The molecule has 0 aromatic rings. The Kier molecular flexibility index (Phi) is 3.59. The lowest BCUT2D eigenvalue weighted by Crippen LogP contribution is -2.39. The van der Waals surface area contributed by atoms with Gasteiger partial charge < -0.3 is 10.0 Å². The lowest BCUT2D eigenvalue weighted by atomic mass is 9.81. The second-order valence-electron chi connectivity index (χ2n) is 5.60. The summed E-state index contributed by atoms with van der Waals surface area (Å²) in [5.41, 5.74) is -0.446. The van der Waals surface area contributed by atoms with Crippen molar-refractivity contribution in [1.29, 1.82) is 0 Å². The molecule has 2 heteroatoms. The van der Waals surface area contributed by atoms with Crippen LogP contribution in [0.25, 0.3) is 0 Å². The molecule has 0 aromatic carbocycles. The third-order valence-electron chi connectivity index (χ3n) is 3.67. The fourth-order valence-electron chi connectivity index (χ4n) is 2.60. The van der Waals surface area contributed by atoms with Crippen LogP contribution in [0.2, 0.25) is 0 Å². The van der Waals surface area contributed by atoms with Gasteiger partial charge in [-0.05, 0) is 38.6 Å². The minimum absolute atomic E-state index is 0.412. The van der Waals surface area contributed by atoms with Gasteiger partial charge in [0.15, 0.2) is 0 Å². The monoisotopic (exact) mass is 199 g/mol. The lowest BCUT2D eigenvalue weighted by molar-refractivity contribution is -0.00824. The fraction of sp³-hybridized carbons (Fsp3) is 1.00. The zero-order valence-corrected chi connectivity index (χ0v) is 10.2. The van der Waals surface area contributed by atoms with E-state index in [1.54, 1.807) is 0 Å². The first-order chi connectivity index (χ1) is 6.35. The Morgan fingerprint density at radius 1 is 1.43 bits per heavy atom. The number of aliphatic hydroxyl groups is 1. The zero-order valence-electron chi connectivity index (χ0n) is 10.2. The number of nitrogens with zero attached hydrogens (tertiary/aromatic N) is 1. The van der Waals surface area contributed by atoms with Crippen molar-refractivity contribution < 1.29 is 5.11 Å². The molecule has 1 aliphatic heterocycles. The van der Waals surface area contributed by atoms with Gasteiger partial charge in [0.05, 0.1) is 5.60 Å². The Bertz CT molecular complexity index is 181. The standard InChI is InChI=1S/C12H25NO/c1-9(2)6-10(3)12(14)7-11(4)13(5)8-12/h9-11,14H,6-8H2,1-5H3. The van der Waals surface area contributed by atoms with Gasteiger partial charge >= 0.3 is 0 Å². The predicted octanol–water partition coefficient (Wildman–Crippen LogP) is 2.12. The molecule has 3 atom stereocenters. The Labute approximate surface area is 88.3 Å². The number of likely N-dealkylation sites (tertiary alicyclic amines) is 1. The molecule has 0 radical (unpaired) electrons. The second-order valence-corrected chi connectivity index (χ2v) is 5.60. The molecule has 0 bridgehead atoms. The number of β-amino-alcohol motifs (C(OH)–C–C–N with tert-alkyl or cyclic N) is 1. The van der Waals surface area contributed by atoms with Crippen LogP contribution >= 0.6 is 0 Å². The van der Waals surface area contributed by atoms with Crippen molar-refractivity contribution in [3.05, 3.63) is 0 Å². The van der Waals surface area contributed by atoms with E-state index < -0.39 is 5.60 Å². The van der Waals surface area contributed by atoms with Gasteiger partial charge in [-0.25, -0.2) is 0 Å². The molecule has 3 unspecified atom stereocenters. The molecule has 84 valence electrons. The summed E-state index contributed by atoms with van der Waals surface area (Å²) in [7, 11) is 2.10. The van der Waals surface area contributed by atoms with Crippen molar-refractivity contribution in [2.45, 2.75) is 52.2 Å². The van der Waals surface area contributed by atoms with Crippen molar-refractivity contribution in [1.82, 2.24) is 4.90 Å². The number of rotatable bonds is 3. The van der Waals surface area contributed by atoms with Crippen molar-refractivity contribution in [2.24, 2.45) is 11.8 Å². The van der Waals surface area contributed by atoms with Gasteiger partial charge in [0.1, 0.15) is 0 Å². The molecule has 1 aliphatic rings. The Morgan fingerprint density at radius 2 is 2.00 bits per heavy atom. The van der Waals surface area contributed by atoms with Gasteiger partial charge in [-0.1, -0.05) is 20.8 Å². The summed E-state index contributed by atoms with van der Waals surface area (Å²) in [6.45, 7) is 9.66. The van der Waals surface area contributed by atoms with Gasteiger partial charge in [0, 0.05) is 12.6 Å². The summed E-state index contributed by atoms with van der Waals surface area (Å²) in [6.07, 6.45) is 2.05. The molecule has 0 aliphatic carbocycles. The van der Waals surface area contributed by atoms with Crippen LogP contribution in [0.5, 0.6) is 0 Å².